The summed E-state index contributed by atoms with van der Waals surface area (Å²) in [4.78, 5) is 6.85. The van der Waals surface area contributed by atoms with E-state index in [2.05, 4.69) is 62.5 Å². The van der Waals surface area contributed by atoms with Gasteiger partial charge in [-0.3, -0.25) is 4.68 Å². The molecule has 5 rings (SSSR count). The van der Waals surface area contributed by atoms with Gasteiger partial charge < -0.3 is 16.0 Å². The number of anilines is 1. The minimum Gasteiger partial charge on any atom is -0.383 e. The molecule has 2 aliphatic rings. The van der Waals surface area contributed by atoms with Crippen molar-refractivity contribution in [3.8, 4) is 22.3 Å². The zero-order valence-electron chi connectivity index (χ0n) is 16.2. The van der Waals surface area contributed by atoms with E-state index < -0.39 is 0 Å². The van der Waals surface area contributed by atoms with E-state index in [0.29, 0.717) is 11.9 Å². The highest BCUT2D eigenvalue weighted by Crippen LogP contribution is 2.32. The van der Waals surface area contributed by atoms with Crippen molar-refractivity contribution in [2.24, 2.45) is 0 Å². The van der Waals surface area contributed by atoms with Crippen LogP contribution in [0.1, 0.15) is 30.0 Å². The standard InChI is InChI=1S/C22H26N6/c1-27-6-4-20(5-7-27)28-14-19(13-26-28)18-9-21(22(23)25-12-18)15-2-3-16-10-24-11-17(16)8-15/h2-3,8-9,12-14,20,24H,4-7,10-11H2,1H3,(H2,23,25). The Morgan fingerprint density at radius 2 is 1.82 bits per heavy atom. The first-order chi connectivity index (χ1) is 13.7. The fraction of sp³-hybridized carbons (Fsp3) is 0.364. The number of nitrogens with one attached hydrogen (secondary N) is 1. The largest absolute Gasteiger partial charge is 0.383 e. The molecule has 2 aromatic heterocycles. The number of rotatable bonds is 3. The second-order valence-electron chi connectivity index (χ2n) is 7.99. The van der Waals surface area contributed by atoms with Crippen molar-refractivity contribution in [3.05, 3.63) is 54.0 Å². The van der Waals surface area contributed by atoms with Gasteiger partial charge >= 0.3 is 0 Å². The molecule has 0 bridgehead atoms. The van der Waals surface area contributed by atoms with E-state index in [-0.39, 0.29) is 0 Å². The van der Waals surface area contributed by atoms with Gasteiger partial charge in [-0.15, -0.1) is 0 Å². The first-order valence-corrected chi connectivity index (χ1v) is 9.99. The molecule has 28 heavy (non-hydrogen) atoms. The molecule has 1 saturated heterocycles. The molecule has 144 valence electrons. The topological polar surface area (TPSA) is 72.0 Å². The molecule has 0 aliphatic carbocycles. The maximum atomic E-state index is 6.23. The number of likely N-dealkylation sites (tertiary alicyclic amines) is 1. The van der Waals surface area contributed by atoms with Crippen LogP contribution in [0.4, 0.5) is 5.82 Å². The summed E-state index contributed by atoms with van der Waals surface area (Å²) >= 11 is 0. The van der Waals surface area contributed by atoms with Crippen LogP contribution < -0.4 is 11.1 Å². The number of hydrogen-bond donors (Lipinski definition) is 2. The predicted octanol–water partition coefficient (Wildman–Crippen LogP) is 3.06. The summed E-state index contributed by atoms with van der Waals surface area (Å²) in [6.45, 7) is 4.11. The highest BCUT2D eigenvalue weighted by molar-refractivity contribution is 5.79. The molecular formula is C22H26N6. The van der Waals surface area contributed by atoms with Crippen molar-refractivity contribution in [2.45, 2.75) is 32.0 Å². The monoisotopic (exact) mass is 374 g/mol. The Morgan fingerprint density at radius 1 is 1.00 bits per heavy atom. The molecule has 2 aliphatic heterocycles. The Labute approximate surface area is 165 Å². The van der Waals surface area contributed by atoms with Crippen molar-refractivity contribution in [1.29, 1.82) is 0 Å². The van der Waals surface area contributed by atoms with Crippen LogP contribution in [-0.4, -0.2) is 39.8 Å². The van der Waals surface area contributed by atoms with E-state index in [9.17, 15) is 0 Å². The van der Waals surface area contributed by atoms with Gasteiger partial charge in [-0.1, -0.05) is 12.1 Å². The quantitative estimate of drug-likeness (QED) is 0.737. The number of hydrogen-bond acceptors (Lipinski definition) is 5. The lowest BCUT2D eigenvalue weighted by atomic mass is 9.99. The van der Waals surface area contributed by atoms with Crippen LogP contribution in [-0.2, 0) is 13.1 Å². The number of aromatic nitrogens is 3. The molecule has 6 heteroatoms. The van der Waals surface area contributed by atoms with Gasteiger partial charge in [0, 0.05) is 42.2 Å². The number of piperidine rings is 1. The zero-order valence-corrected chi connectivity index (χ0v) is 16.2. The molecule has 1 aromatic carbocycles. The highest BCUT2D eigenvalue weighted by Gasteiger charge is 2.19. The summed E-state index contributed by atoms with van der Waals surface area (Å²) in [6.07, 6.45) is 8.24. The van der Waals surface area contributed by atoms with Crippen molar-refractivity contribution in [1.82, 2.24) is 25.0 Å². The smallest absolute Gasteiger partial charge is 0.131 e. The van der Waals surface area contributed by atoms with Crippen LogP contribution in [0.15, 0.2) is 42.9 Å². The Morgan fingerprint density at radius 3 is 2.68 bits per heavy atom. The summed E-state index contributed by atoms with van der Waals surface area (Å²) in [6, 6.07) is 9.19. The van der Waals surface area contributed by atoms with Gasteiger partial charge in [0.15, 0.2) is 0 Å². The van der Waals surface area contributed by atoms with Crippen LogP contribution in [0.5, 0.6) is 0 Å². The minimum absolute atomic E-state index is 0.482. The minimum atomic E-state index is 0.482. The second kappa shape index (κ2) is 7.04. The van der Waals surface area contributed by atoms with Gasteiger partial charge in [-0.05, 0) is 61.8 Å². The van der Waals surface area contributed by atoms with E-state index in [0.717, 1.165) is 61.3 Å². The Kier molecular flexibility index (Phi) is 4.37. The maximum absolute atomic E-state index is 6.23. The van der Waals surface area contributed by atoms with Gasteiger partial charge in [-0.2, -0.15) is 5.10 Å². The summed E-state index contributed by atoms with van der Waals surface area (Å²) in [5.74, 6) is 0.567. The van der Waals surface area contributed by atoms with Crippen molar-refractivity contribution >= 4 is 5.82 Å². The highest BCUT2D eigenvalue weighted by atomic mass is 15.3. The maximum Gasteiger partial charge on any atom is 0.131 e. The fourth-order valence-corrected chi connectivity index (χ4v) is 4.27. The van der Waals surface area contributed by atoms with Crippen LogP contribution in [0, 0.1) is 0 Å². The van der Waals surface area contributed by atoms with Gasteiger partial charge in [0.25, 0.3) is 0 Å². The number of nitrogens with two attached hydrogens (primary N) is 1. The van der Waals surface area contributed by atoms with E-state index >= 15 is 0 Å². The number of nitrogen functional groups attached to an aromatic ring is 1. The molecule has 0 saturated carbocycles. The van der Waals surface area contributed by atoms with Gasteiger partial charge in [-0.25, -0.2) is 4.98 Å². The second-order valence-corrected chi connectivity index (χ2v) is 7.99. The van der Waals surface area contributed by atoms with Gasteiger partial charge in [0.1, 0.15) is 5.82 Å². The van der Waals surface area contributed by atoms with Crippen LogP contribution in [0.2, 0.25) is 0 Å². The Hall–Kier alpha value is -2.70. The average Bonchev–Trinajstić information content (AvgIpc) is 3.38. The first kappa shape index (κ1) is 17.4. The molecule has 1 fully saturated rings. The summed E-state index contributed by atoms with van der Waals surface area (Å²) in [7, 11) is 2.18. The van der Waals surface area contributed by atoms with E-state index in [1.165, 1.54) is 11.1 Å². The normalized spacial score (nSPS) is 17.8. The molecule has 0 radical (unpaired) electrons. The molecule has 0 amide bonds. The first-order valence-electron chi connectivity index (χ1n) is 9.99. The number of benzene rings is 1. The Bertz CT molecular complexity index is 1000. The Balaban J connectivity index is 1.45. The van der Waals surface area contributed by atoms with Gasteiger partial charge in [0.2, 0.25) is 0 Å². The molecule has 0 spiro atoms. The van der Waals surface area contributed by atoms with E-state index in [4.69, 9.17) is 5.73 Å². The van der Waals surface area contributed by atoms with Crippen molar-refractivity contribution < 1.29 is 0 Å². The summed E-state index contributed by atoms with van der Waals surface area (Å²) in [5, 5.41) is 8.04. The van der Waals surface area contributed by atoms with Crippen molar-refractivity contribution in [3.63, 3.8) is 0 Å². The SMILES string of the molecule is CN1CCC(n2cc(-c3cnc(N)c(-c4ccc5c(c4)CNC5)c3)cn2)CC1. The molecular weight excluding hydrogens is 348 g/mol. The predicted molar refractivity (Wildman–Crippen MR) is 112 cm³/mol. The molecule has 0 unspecified atom stereocenters. The molecule has 3 N–H and O–H groups in total. The third-order valence-corrected chi connectivity index (χ3v) is 6.06. The van der Waals surface area contributed by atoms with Crippen LogP contribution >= 0.6 is 0 Å². The van der Waals surface area contributed by atoms with Crippen LogP contribution in [0.3, 0.4) is 0 Å². The molecule has 4 heterocycles. The third-order valence-electron chi connectivity index (χ3n) is 6.06. The average molecular weight is 374 g/mol. The van der Waals surface area contributed by atoms with Crippen molar-refractivity contribution in [2.75, 3.05) is 25.9 Å². The van der Waals surface area contributed by atoms with E-state index in [1.807, 2.05) is 12.4 Å². The lowest BCUT2D eigenvalue weighted by molar-refractivity contribution is 0.212. The number of pyridine rings is 1. The molecule has 0 atom stereocenters. The van der Waals surface area contributed by atoms with E-state index in [1.54, 1.807) is 0 Å². The third kappa shape index (κ3) is 3.19. The molecule has 3 aromatic rings. The van der Waals surface area contributed by atoms with Crippen LogP contribution in [0.25, 0.3) is 22.3 Å². The lowest BCUT2D eigenvalue weighted by Crippen LogP contribution is -2.31. The zero-order chi connectivity index (χ0) is 19.1. The summed E-state index contributed by atoms with van der Waals surface area (Å²) in [5.41, 5.74) is 13.2. The lowest BCUT2D eigenvalue weighted by Gasteiger charge is -2.28. The van der Waals surface area contributed by atoms with Gasteiger partial charge in [0.05, 0.1) is 12.2 Å². The molecule has 6 nitrogen and oxygen atoms in total. The fourth-order valence-electron chi connectivity index (χ4n) is 4.27. The number of fused-ring (bicyclic) bond motifs is 1. The number of nitrogens with zero attached hydrogens (tertiary/aromatic N) is 4. The summed E-state index contributed by atoms with van der Waals surface area (Å²) < 4.78 is 2.12.